The molecule has 0 aliphatic heterocycles. The molecule has 0 N–H and O–H groups in total. The highest BCUT2D eigenvalue weighted by Gasteiger charge is 2.27. The molecule has 1 rings (SSSR count). The molecule has 0 radical (unpaired) electrons. The van der Waals surface area contributed by atoms with Gasteiger partial charge in [-0.05, 0) is 36.4 Å². The molecule has 4 nitrogen and oxygen atoms in total. The van der Waals surface area contributed by atoms with Crippen molar-refractivity contribution in [3.63, 3.8) is 0 Å². The van der Waals surface area contributed by atoms with Crippen molar-refractivity contribution < 1.29 is 17.9 Å². The number of sulfone groups is 1. The zero-order chi connectivity index (χ0) is 12.5. The number of carbonyl (C=O) groups excluding carboxylic acids is 1. The van der Waals surface area contributed by atoms with E-state index in [1.54, 1.807) is 13.8 Å². The molecule has 0 aliphatic carbocycles. The minimum absolute atomic E-state index is 0.216. The van der Waals surface area contributed by atoms with Crippen LogP contribution in [0.15, 0.2) is 10.3 Å². The fourth-order valence-electron chi connectivity index (χ4n) is 1.00. The summed E-state index contributed by atoms with van der Waals surface area (Å²) in [6.45, 7) is 3.22. The first-order chi connectivity index (χ1) is 7.32. The summed E-state index contributed by atoms with van der Waals surface area (Å²) < 4.78 is 28.9. The van der Waals surface area contributed by atoms with Crippen LogP contribution in [0.5, 0.6) is 0 Å². The summed E-state index contributed by atoms with van der Waals surface area (Å²) in [5, 5.41) is 0.990. The molecule has 0 bridgehead atoms. The first-order valence-corrected chi connectivity index (χ1v) is 7.92. The van der Waals surface area contributed by atoms with E-state index >= 15 is 0 Å². The molecule has 0 aliphatic rings. The third-order valence-corrected chi connectivity index (χ3v) is 7.14. The van der Waals surface area contributed by atoms with Gasteiger partial charge in [-0.3, -0.25) is 0 Å². The van der Waals surface area contributed by atoms with Gasteiger partial charge in [0, 0.05) is 5.38 Å². The lowest BCUT2D eigenvalue weighted by atomic mass is 10.5. The standard InChI is InChI=1S/C9H11IO4S2/c1-5(2)16(12,13)6-4-15-8(7(6)10)9(11)14-3/h4-5H,1-3H3. The highest BCUT2D eigenvalue weighted by atomic mass is 127. The van der Waals surface area contributed by atoms with Gasteiger partial charge < -0.3 is 4.74 Å². The average molecular weight is 374 g/mol. The Balaban J connectivity index is 3.31. The minimum Gasteiger partial charge on any atom is -0.465 e. The molecule has 0 saturated carbocycles. The van der Waals surface area contributed by atoms with Crippen LogP contribution in [0.25, 0.3) is 0 Å². The van der Waals surface area contributed by atoms with Gasteiger partial charge in [0.2, 0.25) is 0 Å². The van der Waals surface area contributed by atoms with Crippen LogP contribution < -0.4 is 0 Å². The number of hydrogen-bond acceptors (Lipinski definition) is 5. The van der Waals surface area contributed by atoms with Crippen molar-refractivity contribution in [2.75, 3.05) is 7.11 Å². The quantitative estimate of drug-likeness (QED) is 0.602. The largest absolute Gasteiger partial charge is 0.465 e. The van der Waals surface area contributed by atoms with Gasteiger partial charge in [0.1, 0.15) is 4.88 Å². The Morgan fingerprint density at radius 2 is 2.06 bits per heavy atom. The number of rotatable bonds is 3. The molecule has 0 amide bonds. The Morgan fingerprint density at radius 1 is 1.50 bits per heavy atom. The maximum atomic E-state index is 11.9. The van der Waals surface area contributed by atoms with Crippen molar-refractivity contribution in [2.24, 2.45) is 0 Å². The molecule has 0 unspecified atom stereocenters. The SMILES string of the molecule is COC(=O)c1scc(S(=O)(=O)C(C)C)c1I. The molecule has 0 spiro atoms. The first-order valence-electron chi connectivity index (χ1n) is 4.41. The number of hydrogen-bond donors (Lipinski definition) is 0. The van der Waals surface area contributed by atoms with Crippen molar-refractivity contribution in [2.45, 2.75) is 24.0 Å². The summed E-state index contributed by atoms with van der Waals surface area (Å²) in [7, 11) is -2.06. The fraction of sp³-hybridized carbons (Fsp3) is 0.444. The van der Waals surface area contributed by atoms with Crippen LogP contribution in [-0.4, -0.2) is 26.7 Å². The summed E-state index contributed by atoms with van der Waals surface area (Å²) in [6, 6.07) is 0. The highest BCUT2D eigenvalue weighted by molar-refractivity contribution is 14.1. The van der Waals surface area contributed by atoms with Crippen LogP contribution in [0.3, 0.4) is 0 Å². The summed E-state index contributed by atoms with van der Waals surface area (Å²) >= 11 is 2.96. The number of methoxy groups -OCH3 is 1. The molecule has 0 atom stereocenters. The van der Waals surface area contributed by atoms with Crippen molar-refractivity contribution in [3.05, 3.63) is 13.8 Å². The summed E-state index contributed by atoms with van der Waals surface area (Å²) in [5.74, 6) is -0.500. The molecule has 0 aromatic carbocycles. The van der Waals surface area contributed by atoms with Gasteiger partial charge in [-0.1, -0.05) is 0 Å². The van der Waals surface area contributed by atoms with Gasteiger partial charge in [-0.2, -0.15) is 0 Å². The highest BCUT2D eigenvalue weighted by Crippen LogP contribution is 2.30. The van der Waals surface area contributed by atoms with Crippen LogP contribution in [0.2, 0.25) is 0 Å². The zero-order valence-corrected chi connectivity index (χ0v) is 12.8. The minimum atomic E-state index is -3.33. The second-order valence-electron chi connectivity index (χ2n) is 3.33. The maximum absolute atomic E-state index is 11.9. The van der Waals surface area contributed by atoms with E-state index in [9.17, 15) is 13.2 Å². The van der Waals surface area contributed by atoms with Gasteiger partial charge in [-0.25, -0.2) is 13.2 Å². The summed E-state index contributed by atoms with van der Waals surface area (Å²) in [5.41, 5.74) is 0. The van der Waals surface area contributed by atoms with Crippen LogP contribution in [0, 0.1) is 3.57 Å². The predicted octanol–water partition coefficient (Wildman–Crippen LogP) is 2.32. The van der Waals surface area contributed by atoms with E-state index in [4.69, 9.17) is 0 Å². The molecule has 7 heteroatoms. The second kappa shape index (κ2) is 5.01. The van der Waals surface area contributed by atoms with Crippen molar-refractivity contribution in [3.8, 4) is 0 Å². The smallest absolute Gasteiger partial charge is 0.349 e. The van der Waals surface area contributed by atoms with Crippen LogP contribution >= 0.6 is 33.9 Å². The zero-order valence-electron chi connectivity index (χ0n) is 8.98. The average Bonchev–Trinajstić information content (AvgIpc) is 2.59. The van der Waals surface area contributed by atoms with Crippen molar-refractivity contribution in [1.82, 2.24) is 0 Å². The fourth-order valence-corrected chi connectivity index (χ4v) is 5.23. The lowest BCUT2D eigenvalue weighted by Crippen LogP contribution is -2.14. The molecular weight excluding hydrogens is 363 g/mol. The Kier molecular flexibility index (Phi) is 4.35. The number of halogens is 1. The second-order valence-corrected chi connectivity index (χ2v) is 7.76. The summed E-state index contributed by atoms with van der Waals surface area (Å²) in [6.07, 6.45) is 0. The summed E-state index contributed by atoms with van der Waals surface area (Å²) in [4.78, 5) is 11.9. The van der Waals surface area contributed by atoms with E-state index in [2.05, 4.69) is 4.74 Å². The third kappa shape index (κ3) is 2.40. The molecule has 1 aromatic heterocycles. The van der Waals surface area contributed by atoms with Gasteiger partial charge >= 0.3 is 5.97 Å². The third-order valence-electron chi connectivity index (χ3n) is 2.00. The van der Waals surface area contributed by atoms with E-state index in [0.717, 1.165) is 11.3 Å². The van der Waals surface area contributed by atoms with E-state index in [-0.39, 0.29) is 4.90 Å². The van der Waals surface area contributed by atoms with Crippen LogP contribution in [-0.2, 0) is 14.6 Å². The molecule has 0 saturated heterocycles. The van der Waals surface area contributed by atoms with E-state index in [1.165, 1.54) is 12.5 Å². The van der Waals surface area contributed by atoms with Crippen molar-refractivity contribution in [1.29, 1.82) is 0 Å². The Morgan fingerprint density at radius 3 is 2.50 bits per heavy atom. The number of carbonyl (C=O) groups is 1. The monoisotopic (exact) mass is 374 g/mol. The molecule has 0 fully saturated rings. The van der Waals surface area contributed by atoms with Crippen LogP contribution in [0.4, 0.5) is 0 Å². The Bertz CT molecular complexity index is 502. The lowest BCUT2D eigenvalue weighted by molar-refractivity contribution is 0.0605. The first kappa shape index (κ1) is 13.9. The van der Waals surface area contributed by atoms with E-state index in [0.29, 0.717) is 8.45 Å². The molecule has 1 aromatic rings. The Labute approximate surface area is 112 Å². The number of thiophene rings is 1. The van der Waals surface area contributed by atoms with Gasteiger partial charge in [-0.15, -0.1) is 11.3 Å². The van der Waals surface area contributed by atoms with E-state index in [1.807, 2.05) is 22.6 Å². The predicted molar refractivity (Wildman–Crippen MR) is 70.7 cm³/mol. The van der Waals surface area contributed by atoms with Crippen molar-refractivity contribution >= 4 is 49.7 Å². The number of ether oxygens (including phenoxy) is 1. The lowest BCUT2D eigenvalue weighted by Gasteiger charge is -2.06. The topological polar surface area (TPSA) is 60.4 Å². The molecular formula is C9H11IO4S2. The normalized spacial score (nSPS) is 11.8. The number of esters is 1. The molecule has 1 heterocycles. The maximum Gasteiger partial charge on any atom is 0.349 e. The Hall–Kier alpha value is -0.150. The van der Waals surface area contributed by atoms with Gasteiger partial charge in [0.05, 0.1) is 20.8 Å². The van der Waals surface area contributed by atoms with E-state index < -0.39 is 21.1 Å². The van der Waals surface area contributed by atoms with Crippen LogP contribution in [0.1, 0.15) is 23.5 Å². The van der Waals surface area contributed by atoms with Gasteiger partial charge in [0.25, 0.3) is 0 Å². The molecule has 90 valence electrons. The molecule has 16 heavy (non-hydrogen) atoms. The van der Waals surface area contributed by atoms with Gasteiger partial charge in [0.15, 0.2) is 9.84 Å².